The summed E-state index contributed by atoms with van der Waals surface area (Å²) < 4.78 is 0. The van der Waals surface area contributed by atoms with Crippen molar-refractivity contribution in [3.05, 3.63) is 28.8 Å². The van der Waals surface area contributed by atoms with Gasteiger partial charge in [-0.2, -0.15) is 0 Å². The fourth-order valence-corrected chi connectivity index (χ4v) is 2.37. The minimum atomic E-state index is -0.0291. The van der Waals surface area contributed by atoms with E-state index in [-0.39, 0.29) is 5.91 Å². The quantitative estimate of drug-likeness (QED) is 0.893. The van der Waals surface area contributed by atoms with Gasteiger partial charge >= 0.3 is 0 Å². The number of benzene rings is 1. The molecule has 106 valence electrons. The molecule has 0 heterocycles. The summed E-state index contributed by atoms with van der Waals surface area (Å²) in [5.74, 6) is -0.0291. The molecule has 0 atom stereocenters. The first kappa shape index (κ1) is 16.0. The summed E-state index contributed by atoms with van der Waals surface area (Å²) in [7, 11) is 0. The van der Waals surface area contributed by atoms with Crippen molar-refractivity contribution in [3.8, 4) is 0 Å². The second-order valence-electron chi connectivity index (χ2n) is 5.34. The number of nitrogens with zero attached hydrogens (tertiary/aromatic N) is 1. The van der Waals surface area contributed by atoms with Crippen molar-refractivity contribution in [1.29, 1.82) is 0 Å². The molecule has 0 spiro atoms. The normalized spacial score (nSPS) is 11.4. The average Bonchev–Trinajstić information content (AvgIpc) is 2.30. The first-order chi connectivity index (χ1) is 8.82. The molecule has 0 saturated carbocycles. The highest BCUT2D eigenvalue weighted by Gasteiger charge is 2.18. The van der Waals surface area contributed by atoms with E-state index in [2.05, 4.69) is 37.9 Å². The summed E-state index contributed by atoms with van der Waals surface area (Å²) in [6.07, 6.45) is 0. The highest BCUT2D eigenvalue weighted by Crippen LogP contribution is 2.25. The number of carbonyl (C=O) groups excluding carboxylic acids is 1. The fraction of sp³-hybridized carbons (Fsp3) is 0.533. The first-order valence-corrected chi connectivity index (χ1v) is 7.01. The van der Waals surface area contributed by atoms with Crippen LogP contribution < -0.4 is 5.32 Å². The number of rotatable bonds is 5. The summed E-state index contributed by atoms with van der Waals surface area (Å²) in [4.78, 5) is 14.3. The molecule has 19 heavy (non-hydrogen) atoms. The SMILES string of the molecule is Cc1cccc(Cl)c1NC(=O)CN(C(C)C)C(C)C. The molecule has 1 rings (SSSR count). The zero-order valence-electron chi connectivity index (χ0n) is 12.3. The topological polar surface area (TPSA) is 32.3 Å². The van der Waals surface area contributed by atoms with Gasteiger partial charge in [0, 0.05) is 12.1 Å². The maximum absolute atomic E-state index is 12.1. The zero-order chi connectivity index (χ0) is 14.6. The number of hydrogen-bond acceptors (Lipinski definition) is 2. The number of hydrogen-bond donors (Lipinski definition) is 1. The Kier molecular flexibility index (Phi) is 5.83. The molecule has 4 heteroatoms. The molecular formula is C15H23ClN2O. The van der Waals surface area contributed by atoms with Crippen LogP contribution in [0.1, 0.15) is 33.3 Å². The molecule has 0 fully saturated rings. The minimum absolute atomic E-state index is 0.0291. The number of aryl methyl sites for hydroxylation is 1. The van der Waals surface area contributed by atoms with E-state index in [0.717, 1.165) is 5.56 Å². The van der Waals surface area contributed by atoms with Gasteiger partial charge in [-0.05, 0) is 46.2 Å². The van der Waals surface area contributed by atoms with E-state index in [0.29, 0.717) is 29.3 Å². The van der Waals surface area contributed by atoms with Crippen LogP contribution in [0.4, 0.5) is 5.69 Å². The van der Waals surface area contributed by atoms with Crippen molar-refractivity contribution in [2.45, 2.75) is 46.7 Å². The summed E-state index contributed by atoms with van der Waals surface area (Å²) in [5.41, 5.74) is 1.68. The van der Waals surface area contributed by atoms with Gasteiger partial charge in [0.05, 0.1) is 17.3 Å². The van der Waals surface area contributed by atoms with E-state index < -0.39 is 0 Å². The van der Waals surface area contributed by atoms with Crippen LogP contribution in [0.3, 0.4) is 0 Å². The molecule has 0 saturated heterocycles. The molecule has 1 aromatic carbocycles. The van der Waals surface area contributed by atoms with E-state index in [4.69, 9.17) is 11.6 Å². The predicted octanol–water partition coefficient (Wildman–Crippen LogP) is 3.71. The van der Waals surface area contributed by atoms with Gasteiger partial charge in [-0.15, -0.1) is 0 Å². The molecule has 0 aliphatic heterocycles. The van der Waals surface area contributed by atoms with Crippen LogP contribution in [0.2, 0.25) is 5.02 Å². The molecule has 0 radical (unpaired) electrons. The summed E-state index contributed by atoms with van der Waals surface area (Å²) in [6, 6.07) is 6.26. The standard InChI is InChI=1S/C15H23ClN2O/c1-10(2)18(11(3)4)9-14(19)17-15-12(5)7-6-8-13(15)16/h6-8,10-11H,9H2,1-5H3,(H,17,19). The third kappa shape index (κ3) is 4.51. The van der Waals surface area contributed by atoms with E-state index in [1.807, 2.05) is 19.1 Å². The number of carbonyl (C=O) groups is 1. The van der Waals surface area contributed by atoms with Crippen molar-refractivity contribution >= 4 is 23.2 Å². The van der Waals surface area contributed by atoms with Crippen LogP contribution in [0.5, 0.6) is 0 Å². The van der Waals surface area contributed by atoms with Crippen LogP contribution in [0.25, 0.3) is 0 Å². The van der Waals surface area contributed by atoms with E-state index >= 15 is 0 Å². The van der Waals surface area contributed by atoms with Gasteiger partial charge in [-0.1, -0.05) is 23.7 Å². The average molecular weight is 283 g/mol. The molecule has 1 aromatic rings. The summed E-state index contributed by atoms with van der Waals surface area (Å²) >= 11 is 6.11. The molecule has 3 nitrogen and oxygen atoms in total. The molecule has 0 aromatic heterocycles. The van der Waals surface area contributed by atoms with E-state index in [1.54, 1.807) is 6.07 Å². The lowest BCUT2D eigenvalue weighted by molar-refractivity contribution is -0.118. The summed E-state index contributed by atoms with van der Waals surface area (Å²) in [6.45, 7) is 10.7. The highest BCUT2D eigenvalue weighted by molar-refractivity contribution is 6.33. The van der Waals surface area contributed by atoms with Crippen LogP contribution in [-0.4, -0.2) is 29.4 Å². The summed E-state index contributed by atoms with van der Waals surface area (Å²) in [5, 5.41) is 3.48. The van der Waals surface area contributed by atoms with Gasteiger partial charge in [0.2, 0.25) is 5.91 Å². The Bertz CT molecular complexity index is 416. The van der Waals surface area contributed by atoms with Crippen molar-refractivity contribution in [2.75, 3.05) is 11.9 Å². The number of amides is 1. The fourth-order valence-electron chi connectivity index (χ4n) is 2.10. The second kappa shape index (κ2) is 6.92. The zero-order valence-corrected chi connectivity index (χ0v) is 13.1. The Morgan fingerprint density at radius 1 is 1.26 bits per heavy atom. The first-order valence-electron chi connectivity index (χ1n) is 6.63. The Morgan fingerprint density at radius 3 is 2.32 bits per heavy atom. The van der Waals surface area contributed by atoms with Crippen LogP contribution in [0, 0.1) is 6.92 Å². The molecule has 1 N–H and O–H groups in total. The molecule has 0 unspecified atom stereocenters. The van der Waals surface area contributed by atoms with Gasteiger partial charge < -0.3 is 5.32 Å². The largest absolute Gasteiger partial charge is 0.323 e. The smallest absolute Gasteiger partial charge is 0.238 e. The van der Waals surface area contributed by atoms with Crippen molar-refractivity contribution < 1.29 is 4.79 Å². The van der Waals surface area contributed by atoms with Gasteiger partial charge in [0.25, 0.3) is 0 Å². The van der Waals surface area contributed by atoms with Crippen LogP contribution >= 0.6 is 11.6 Å². The number of halogens is 1. The number of nitrogens with one attached hydrogen (secondary N) is 1. The van der Waals surface area contributed by atoms with E-state index in [9.17, 15) is 4.79 Å². The highest BCUT2D eigenvalue weighted by atomic mass is 35.5. The number of para-hydroxylation sites is 1. The van der Waals surface area contributed by atoms with Crippen LogP contribution in [0.15, 0.2) is 18.2 Å². The predicted molar refractivity (Wildman–Crippen MR) is 81.8 cm³/mol. The third-order valence-electron chi connectivity index (χ3n) is 3.14. The Hall–Kier alpha value is -1.06. The maximum atomic E-state index is 12.1. The monoisotopic (exact) mass is 282 g/mol. The molecule has 0 aliphatic rings. The Labute approximate surface area is 120 Å². The second-order valence-corrected chi connectivity index (χ2v) is 5.75. The molecule has 1 amide bonds. The van der Waals surface area contributed by atoms with Crippen molar-refractivity contribution in [3.63, 3.8) is 0 Å². The van der Waals surface area contributed by atoms with Crippen LogP contribution in [-0.2, 0) is 4.79 Å². The van der Waals surface area contributed by atoms with Crippen molar-refractivity contribution in [2.24, 2.45) is 0 Å². The molecule has 0 aliphatic carbocycles. The van der Waals surface area contributed by atoms with Gasteiger partial charge in [0.15, 0.2) is 0 Å². The lowest BCUT2D eigenvalue weighted by Crippen LogP contribution is -2.42. The molecule has 0 bridgehead atoms. The lowest BCUT2D eigenvalue weighted by atomic mass is 10.2. The Morgan fingerprint density at radius 2 is 1.84 bits per heavy atom. The van der Waals surface area contributed by atoms with Gasteiger partial charge in [0.1, 0.15) is 0 Å². The van der Waals surface area contributed by atoms with E-state index in [1.165, 1.54) is 0 Å². The molecular weight excluding hydrogens is 260 g/mol. The lowest BCUT2D eigenvalue weighted by Gasteiger charge is -2.29. The minimum Gasteiger partial charge on any atom is -0.323 e. The van der Waals surface area contributed by atoms with Crippen molar-refractivity contribution in [1.82, 2.24) is 4.90 Å². The van der Waals surface area contributed by atoms with Gasteiger partial charge in [-0.25, -0.2) is 0 Å². The van der Waals surface area contributed by atoms with Gasteiger partial charge in [-0.3, -0.25) is 9.69 Å². The third-order valence-corrected chi connectivity index (χ3v) is 3.45. The maximum Gasteiger partial charge on any atom is 0.238 e. The Balaban J connectivity index is 2.75. The number of anilines is 1.